The first-order valence-electron chi connectivity index (χ1n) is 8.64. The molecule has 25 heavy (non-hydrogen) atoms. The zero-order valence-corrected chi connectivity index (χ0v) is 15.8. The van der Waals surface area contributed by atoms with Crippen molar-refractivity contribution in [2.75, 3.05) is 5.32 Å². The van der Waals surface area contributed by atoms with Crippen LogP contribution in [0.15, 0.2) is 46.9 Å². The van der Waals surface area contributed by atoms with Crippen molar-refractivity contribution in [3.63, 3.8) is 0 Å². The minimum atomic E-state index is 0.00530. The highest BCUT2D eigenvalue weighted by Gasteiger charge is 2.25. The minimum Gasteiger partial charge on any atom is -0.508 e. The van der Waals surface area contributed by atoms with Crippen LogP contribution in [0.2, 0.25) is 0 Å². The van der Waals surface area contributed by atoms with Crippen LogP contribution in [-0.2, 0) is 11.3 Å². The molecule has 0 radical (unpaired) electrons. The zero-order chi connectivity index (χ0) is 17.8. The van der Waals surface area contributed by atoms with Crippen molar-refractivity contribution in [1.29, 1.82) is 0 Å². The molecule has 1 amide bonds. The Labute approximate surface area is 156 Å². The fourth-order valence-corrected chi connectivity index (χ4v) is 3.31. The quantitative estimate of drug-likeness (QED) is 0.653. The second kappa shape index (κ2) is 8.02. The molecule has 132 valence electrons. The Morgan fingerprint density at radius 1 is 1.28 bits per heavy atom. The molecule has 3 N–H and O–H groups in total. The van der Waals surface area contributed by atoms with E-state index in [1.165, 1.54) is 0 Å². The summed E-state index contributed by atoms with van der Waals surface area (Å²) < 4.78 is 0.939. The lowest BCUT2D eigenvalue weighted by atomic mass is 9.85. The number of anilines is 1. The topological polar surface area (TPSA) is 61.4 Å². The van der Waals surface area contributed by atoms with Crippen molar-refractivity contribution in [1.82, 2.24) is 5.32 Å². The van der Waals surface area contributed by atoms with Gasteiger partial charge in [-0.05, 0) is 55.7 Å². The van der Waals surface area contributed by atoms with Gasteiger partial charge in [0.1, 0.15) is 5.75 Å². The predicted molar refractivity (Wildman–Crippen MR) is 103 cm³/mol. The maximum atomic E-state index is 12.1. The predicted octanol–water partition coefficient (Wildman–Crippen LogP) is 4.74. The Bertz CT molecular complexity index is 759. The number of carbonyl (C=O) groups is 1. The van der Waals surface area contributed by atoms with Gasteiger partial charge in [-0.15, -0.1) is 0 Å². The summed E-state index contributed by atoms with van der Waals surface area (Å²) in [7, 11) is 0. The SMILES string of the molecule is C[C@H](NCc1cccc(NC(=O)C2CCC2)c1)c1cc(Br)ccc1O. The van der Waals surface area contributed by atoms with Crippen LogP contribution in [0.1, 0.15) is 43.4 Å². The fourth-order valence-electron chi connectivity index (χ4n) is 2.93. The number of rotatable bonds is 6. The molecule has 1 fully saturated rings. The summed E-state index contributed by atoms with van der Waals surface area (Å²) in [5.74, 6) is 0.592. The third-order valence-corrected chi connectivity index (χ3v) is 5.23. The largest absolute Gasteiger partial charge is 0.508 e. The zero-order valence-electron chi connectivity index (χ0n) is 14.3. The molecule has 0 aromatic heterocycles. The number of benzene rings is 2. The smallest absolute Gasteiger partial charge is 0.227 e. The molecule has 4 nitrogen and oxygen atoms in total. The summed E-state index contributed by atoms with van der Waals surface area (Å²) in [6.07, 6.45) is 3.16. The van der Waals surface area contributed by atoms with E-state index >= 15 is 0 Å². The number of carbonyl (C=O) groups excluding carboxylic acids is 1. The summed E-state index contributed by atoms with van der Waals surface area (Å²) in [6.45, 7) is 2.67. The van der Waals surface area contributed by atoms with Gasteiger partial charge in [-0.25, -0.2) is 0 Å². The number of nitrogens with one attached hydrogen (secondary N) is 2. The highest BCUT2D eigenvalue weighted by Crippen LogP contribution is 2.29. The van der Waals surface area contributed by atoms with E-state index in [9.17, 15) is 9.90 Å². The molecule has 0 heterocycles. The Hall–Kier alpha value is -1.85. The van der Waals surface area contributed by atoms with Gasteiger partial charge in [0.2, 0.25) is 5.91 Å². The van der Waals surface area contributed by atoms with E-state index in [1.807, 2.05) is 43.3 Å². The summed E-state index contributed by atoms with van der Waals surface area (Å²) >= 11 is 3.44. The molecule has 3 rings (SSSR count). The normalized spacial score (nSPS) is 15.4. The molecule has 1 aliphatic carbocycles. The molecule has 5 heteroatoms. The molecule has 1 atom stereocenters. The number of hydrogen-bond acceptors (Lipinski definition) is 3. The van der Waals surface area contributed by atoms with Gasteiger partial charge >= 0.3 is 0 Å². The van der Waals surface area contributed by atoms with Crippen molar-refractivity contribution in [2.24, 2.45) is 5.92 Å². The molecule has 0 saturated heterocycles. The summed E-state index contributed by atoms with van der Waals surface area (Å²) in [5.41, 5.74) is 2.78. The second-order valence-electron chi connectivity index (χ2n) is 6.62. The number of hydrogen-bond donors (Lipinski definition) is 3. The van der Waals surface area contributed by atoms with Crippen LogP contribution < -0.4 is 10.6 Å². The fraction of sp³-hybridized carbons (Fsp3) is 0.350. The maximum absolute atomic E-state index is 12.1. The van der Waals surface area contributed by atoms with Crippen LogP contribution in [0.5, 0.6) is 5.75 Å². The molecule has 0 unspecified atom stereocenters. The summed E-state index contributed by atoms with van der Waals surface area (Å²) in [4.78, 5) is 12.1. The second-order valence-corrected chi connectivity index (χ2v) is 7.54. The Kier molecular flexibility index (Phi) is 5.76. The van der Waals surface area contributed by atoms with Crippen molar-refractivity contribution in [3.05, 3.63) is 58.1 Å². The lowest BCUT2D eigenvalue weighted by Gasteiger charge is -2.24. The Balaban J connectivity index is 1.60. The van der Waals surface area contributed by atoms with Gasteiger partial charge in [-0.1, -0.05) is 34.5 Å². The number of phenols is 1. The van der Waals surface area contributed by atoms with Gasteiger partial charge in [-0.2, -0.15) is 0 Å². The first-order chi connectivity index (χ1) is 12.0. The van der Waals surface area contributed by atoms with Crippen LogP contribution in [0, 0.1) is 5.92 Å². The molecular weight excluding hydrogens is 380 g/mol. The molecule has 0 aliphatic heterocycles. The van der Waals surface area contributed by atoms with Gasteiger partial charge in [0, 0.05) is 34.2 Å². The van der Waals surface area contributed by atoms with Gasteiger partial charge in [0.05, 0.1) is 0 Å². The van der Waals surface area contributed by atoms with Crippen LogP contribution in [0.3, 0.4) is 0 Å². The molecule has 0 spiro atoms. The lowest BCUT2D eigenvalue weighted by Crippen LogP contribution is -2.28. The van der Waals surface area contributed by atoms with Gasteiger partial charge in [0.25, 0.3) is 0 Å². The van der Waals surface area contributed by atoms with Crippen LogP contribution in [0.25, 0.3) is 0 Å². The monoisotopic (exact) mass is 402 g/mol. The van der Waals surface area contributed by atoms with E-state index < -0.39 is 0 Å². The number of phenolic OH excluding ortho intramolecular Hbond substituents is 1. The van der Waals surface area contributed by atoms with E-state index in [0.717, 1.165) is 40.5 Å². The number of aromatic hydroxyl groups is 1. The molecule has 1 saturated carbocycles. The standard InChI is InChI=1S/C20H23BrN2O2/c1-13(18-11-16(21)8-9-19(18)24)22-12-14-4-2-7-17(10-14)23-20(25)15-5-3-6-15/h2,4,7-11,13,15,22,24H,3,5-6,12H2,1H3,(H,23,25)/t13-/m0/s1. The van der Waals surface area contributed by atoms with Gasteiger partial charge < -0.3 is 15.7 Å². The summed E-state index contributed by atoms with van der Waals surface area (Å²) in [5, 5.41) is 16.4. The average Bonchev–Trinajstić information content (AvgIpc) is 2.53. The first kappa shape index (κ1) is 18.0. The first-order valence-corrected chi connectivity index (χ1v) is 9.44. The van der Waals surface area contributed by atoms with E-state index in [0.29, 0.717) is 6.54 Å². The van der Waals surface area contributed by atoms with Crippen molar-refractivity contribution in [2.45, 2.75) is 38.8 Å². The molecule has 1 aliphatic rings. The highest BCUT2D eigenvalue weighted by atomic mass is 79.9. The Morgan fingerprint density at radius 3 is 2.80 bits per heavy atom. The summed E-state index contributed by atoms with van der Waals surface area (Å²) in [6, 6.07) is 13.3. The van der Waals surface area contributed by atoms with Crippen LogP contribution in [0.4, 0.5) is 5.69 Å². The van der Waals surface area contributed by atoms with E-state index in [4.69, 9.17) is 0 Å². The van der Waals surface area contributed by atoms with Crippen molar-refractivity contribution in [3.8, 4) is 5.75 Å². The number of amides is 1. The minimum absolute atomic E-state index is 0.00530. The van der Waals surface area contributed by atoms with Crippen LogP contribution in [-0.4, -0.2) is 11.0 Å². The van der Waals surface area contributed by atoms with Gasteiger partial charge in [0.15, 0.2) is 0 Å². The molecule has 2 aromatic rings. The third kappa shape index (κ3) is 4.61. The van der Waals surface area contributed by atoms with Crippen molar-refractivity contribution >= 4 is 27.5 Å². The maximum Gasteiger partial charge on any atom is 0.227 e. The average molecular weight is 403 g/mol. The van der Waals surface area contributed by atoms with E-state index in [1.54, 1.807) is 6.07 Å². The molecule has 2 aromatic carbocycles. The number of halogens is 1. The third-order valence-electron chi connectivity index (χ3n) is 4.74. The van der Waals surface area contributed by atoms with Gasteiger partial charge in [-0.3, -0.25) is 4.79 Å². The van der Waals surface area contributed by atoms with Crippen molar-refractivity contribution < 1.29 is 9.90 Å². The Morgan fingerprint density at radius 2 is 2.08 bits per heavy atom. The van der Waals surface area contributed by atoms with E-state index in [-0.39, 0.29) is 23.6 Å². The van der Waals surface area contributed by atoms with Crippen LogP contribution >= 0.6 is 15.9 Å². The molecular formula is C20H23BrN2O2. The highest BCUT2D eigenvalue weighted by molar-refractivity contribution is 9.10. The van der Waals surface area contributed by atoms with E-state index in [2.05, 4.69) is 26.6 Å². The lowest BCUT2D eigenvalue weighted by molar-refractivity contribution is -0.122. The molecule has 0 bridgehead atoms.